The van der Waals surface area contributed by atoms with Gasteiger partial charge in [0.15, 0.2) is 0 Å². The van der Waals surface area contributed by atoms with Crippen LogP contribution in [0.5, 0.6) is 5.75 Å². The number of rotatable bonds is 3. The Morgan fingerprint density at radius 2 is 1.80 bits per heavy atom. The molecule has 100 valence electrons. The Labute approximate surface area is 117 Å². The normalized spacial score (nSPS) is 10.5. The van der Waals surface area contributed by atoms with Gasteiger partial charge >= 0.3 is 0 Å². The van der Waals surface area contributed by atoms with E-state index in [1.165, 1.54) is 0 Å². The minimum absolute atomic E-state index is 0.520. The summed E-state index contributed by atoms with van der Waals surface area (Å²) in [5.41, 5.74) is 2.95. The molecule has 0 spiro atoms. The van der Waals surface area contributed by atoms with E-state index in [1.54, 1.807) is 7.11 Å². The third-order valence-electron chi connectivity index (χ3n) is 3.02. The molecule has 4 heteroatoms. The van der Waals surface area contributed by atoms with Crippen molar-refractivity contribution in [3.8, 4) is 28.6 Å². The minimum atomic E-state index is 0.520. The summed E-state index contributed by atoms with van der Waals surface area (Å²) in [7, 11) is 1.63. The van der Waals surface area contributed by atoms with E-state index in [2.05, 4.69) is 10.1 Å². The zero-order valence-electron chi connectivity index (χ0n) is 11.3. The maximum atomic E-state index is 5.33. The molecular formula is C16H14N2O2. The second-order valence-electron chi connectivity index (χ2n) is 4.52. The average Bonchev–Trinajstić information content (AvgIpc) is 2.97. The number of methoxy groups -OCH3 is 1. The SMILES string of the molecule is COc1cccc(-c2noc(-c3cccc(C)c3)n2)c1. The van der Waals surface area contributed by atoms with Gasteiger partial charge in [0.05, 0.1) is 7.11 Å². The Morgan fingerprint density at radius 3 is 2.60 bits per heavy atom. The van der Waals surface area contributed by atoms with Gasteiger partial charge in [-0.05, 0) is 31.2 Å². The topological polar surface area (TPSA) is 48.2 Å². The van der Waals surface area contributed by atoms with Crippen molar-refractivity contribution in [3.05, 3.63) is 54.1 Å². The molecule has 0 bridgehead atoms. The molecule has 20 heavy (non-hydrogen) atoms. The Kier molecular flexibility index (Phi) is 3.21. The van der Waals surface area contributed by atoms with Crippen molar-refractivity contribution in [2.75, 3.05) is 7.11 Å². The number of ether oxygens (including phenoxy) is 1. The van der Waals surface area contributed by atoms with E-state index in [1.807, 2.05) is 55.5 Å². The number of hydrogen-bond acceptors (Lipinski definition) is 4. The predicted octanol–water partition coefficient (Wildman–Crippen LogP) is 3.72. The number of aryl methyl sites for hydroxylation is 1. The van der Waals surface area contributed by atoms with Crippen molar-refractivity contribution in [1.29, 1.82) is 0 Å². The van der Waals surface area contributed by atoms with Crippen molar-refractivity contribution in [2.45, 2.75) is 6.92 Å². The summed E-state index contributed by atoms with van der Waals surface area (Å²) in [5, 5.41) is 4.03. The number of aromatic nitrogens is 2. The smallest absolute Gasteiger partial charge is 0.258 e. The molecule has 3 aromatic rings. The van der Waals surface area contributed by atoms with Gasteiger partial charge in [0.2, 0.25) is 5.82 Å². The standard InChI is InChI=1S/C16H14N2O2/c1-11-5-3-7-13(9-11)16-17-15(18-20-16)12-6-4-8-14(10-12)19-2/h3-10H,1-2H3. The van der Waals surface area contributed by atoms with Crippen LogP contribution >= 0.6 is 0 Å². The molecular weight excluding hydrogens is 252 g/mol. The zero-order valence-corrected chi connectivity index (χ0v) is 11.3. The molecule has 2 aromatic carbocycles. The minimum Gasteiger partial charge on any atom is -0.497 e. The molecule has 0 aliphatic heterocycles. The molecule has 0 radical (unpaired) electrons. The third kappa shape index (κ3) is 2.40. The van der Waals surface area contributed by atoms with Crippen LogP contribution in [0.2, 0.25) is 0 Å². The van der Waals surface area contributed by atoms with Gasteiger partial charge in [0.1, 0.15) is 5.75 Å². The molecule has 0 amide bonds. The highest BCUT2D eigenvalue weighted by Crippen LogP contribution is 2.25. The molecule has 3 rings (SSSR count). The first kappa shape index (κ1) is 12.4. The van der Waals surface area contributed by atoms with Gasteiger partial charge in [-0.2, -0.15) is 4.98 Å². The molecule has 0 saturated heterocycles. The predicted molar refractivity (Wildman–Crippen MR) is 76.5 cm³/mol. The lowest BCUT2D eigenvalue weighted by atomic mass is 10.1. The van der Waals surface area contributed by atoms with E-state index in [4.69, 9.17) is 9.26 Å². The molecule has 4 nitrogen and oxygen atoms in total. The van der Waals surface area contributed by atoms with E-state index < -0.39 is 0 Å². The highest BCUT2D eigenvalue weighted by Gasteiger charge is 2.11. The van der Waals surface area contributed by atoms with Crippen LogP contribution in [0.25, 0.3) is 22.8 Å². The summed E-state index contributed by atoms with van der Waals surface area (Å²) in [4.78, 5) is 4.43. The van der Waals surface area contributed by atoms with Gasteiger partial charge < -0.3 is 9.26 Å². The molecule has 0 unspecified atom stereocenters. The highest BCUT2D eigenvalue weighted by atomic mass is 16.5. The van der Waals surface area contributed by atoms with E-state index in [0.29, 0.717) is 11.7 Å². The lowest BCUT2D eigenvalue weighted by molar-refractivity contribution is 0.414. The van der Waals surface area contributed by atoms with Gasteiger partial charge in [-0.3, -0.25) is 0 Å². The molecule has 0 atom stereocenters. The maximum absolute atomic E-state index is 5.33. The summed E-state index contributed by atoms with van der Waals surface area (Å²) in [6.45, 7) is 2.03. The fourth-order valence-corrected chi connectivity index (χ4v) is 2.00. The van der Waals surface area contributed by atoms with Crippen molar-refractivity contribution in [3.63, 3.8) is 0 Å². The van der Waals surface area contributed by atoms with Crippen LogP contribution in [0.4, 0.5) is 0 Å². The largest absolute Gasteiger partial charge is 0.497 e. The summed E-state index contributed by atoms with van der Waals surface area (Å²) in [6, 6.07) is 15.6. The molecule has 0 fully saturated rings. The van der Waals surface area contributed by atoms with Crippen LogP contribution in [0.1, 0.15) is 5.56 Å². The van der Waals surface area contributed by atoms with Gasteiger partial charge in [0.25, 0.3) is 5.89 Å². The highest BCUT2D eigenvalue weighted by molar-refractivity contribution is 5.61. The van der Waals surface area contributed by atoms with Gasteiger partial charge in [0, 0.05) is 11.1 Å². The Hall–Kier alpha value is -2.62. The van der Waals surface area contributed by atoms with Gasteiger partial charge in [-0.15, -0.1) is 0 Å². The molecule has 0 aliphatic rings. The first-order chi connectivity index (χ1) is 9.76. The summed E-state index contributed by atoms with van der Waals surface area (Å²) < 4.78 is 10.5. The van der Waals surface area contributed by atoms with Crippen LogP contribution in [0, 0.1) is 6.92 Å². The molecule has 1 heterocycles. The second kappa shape index (κ2) is 5.17. The first-order valence-corrected chi connectivity index (χ1v) is 6.31. The van der Waals surface area contributed by atoms with Crippen LogP contribution in [-0.4, -0.2) is 17.3 Å². The summed E-state index contributed by atoms with van der Waals surface area (Å²) >= 11 is 0. The Bertz CT molecular complexity index is 735. The number of nitrogens with zero attached hydrogens (tertiary/aromatic N) is 2. The van der Waals surface area contributed by atoms with Crippen molar-refractivity contribution in [1.82, 2.24) is 10.1 Å². The Morgan fingerprint density at radius 1 is 1.00 bits per heavy atom. The van der Waals surface area contributed by atoms with Crippen LogP contribution in [0.3, 0.4) is 0 Å². The monoisotopic (exact) mass is 266 g/mol. The van der Waals surface area contributed by atoms with E-state index in [0.717, 1.165) is 22.4 Å². The van der Waals surface area contributed by atoms with Crippen LogP contribution < -0.4 is 4.74 Å². The second-order valence-corrected chi connectivity index (χ2v) is 4.52. The Balaban J connectivity index is 1.97. The quantitative estimate of drug-likeness (QED) is 0.725. The van der Waals surface area contributed by atoms with Crippen molar-refractivity contribution < 1.29 is 9.26 Å². The lowest BCUT2D eigenvalue weighted by Gasteiger charge is -1.99. The van der Waals surface area contributed by atoms with Gasteiger partial charge in [-0.25, -0.2) is 0 Å². The maximum Gasteiger partial charge on any atom is 0.258 e. The number of benzene rings is 2. The first-order valence-electron chi connectivity index (χ1n) is 6.31. The van der Waals surface area contributed by atoms with E-state index >= 15 is 0 Å². The molecule has 1 aromatic heterocycles. The van der Waals surface area contributed by atoms with Gasteiger partial charge in [-0.1, -0.05) is 35.0 Å². The summed E-state index contributed by atoms with van der Waals surface area (Å²) in [5.74, 6) is 1.84. The zero-order chi connectivity index (χ0) is 13.9. The third-order valence-corrected chi connectivity index (χ3v) is 3.02. The van der Waals surface area contributed by atoms with Crippen LogP contribution in [0.15, 0.2) is 53.1 Å². The fourth-order valence-electron chi connectivity index (χ4n) is 2.00. The van der Waals surface area contributed by atoms with E-state index in [-0.39, 0.29) is 0 Å². The summed E-state index contributed by atoms with van der Waals surface area (Å²) in [6.07, 6.45) is 0. The average molecular weight is 266 g/mol. The number of hydrogen-bond donors (Lipinski definition) is 0. The van der Waals surface area contributed by atoms with Crippen molar-refractivity contribution >= 4 is 0 Å². The van der Waals surface area contributed by atoms with E-state index in [9.17, 15) is 0 Å². The molecule has 0 N–H and O–H groups in total. The van der Waals surface area contributed by atoms with Crippen molar-refractivity contribution in [2.24, 2.45) is 0 Å². The molecule has 0 aliphatic carbocycles. The molecule has 0 saturated carbocycles. The lowest BCUT2D eigenvalue weighted by Crippen LogP contribution is -1.85. The van der Waals surface area contributed by atoms with Crippen LogP contribution in [-0.2, 0) is 0 Å². The fraction of sp³-hybridized carbons (Fsp3) is 0.125.